The molecule has 1 N–H and O–H groups in total. The van der Waals surface area contributed by atoms with E-state index in [2.05, 4.69) is 23.3 Å². The summed E-state index contributed by atoms with van der Waals surface area (Å²) >= 11 is 0. The molecule has 1 saturated heterocycles. The van der Waals surface area contributed by atoms with Crippen LogP contribution in [-0.2, 0) is 11.3 Å². The second kappa shape index (κ2) is 8.82. The van der Waals surface area contributed by atoms with E-state index in [-0.39, 0.29) is 11.8 Å². The molecule has 142 valence electrons. The first-order valence-electron chi connectivity index (χ1n) is 9.50. The molecule has 5 nitrogen and oxygen atoms in total. The fourth-order valence-corrected chi connectivity index (χ4v) is 3.18. The highest BCUT2D eigenvalue weighted by Gasteiger charge is 2.20. The Morgan fingerprint density at radius 1 is 0.963 bits per heavy atom. The average Bonchev–Trinajstić information content (AvgIpc) is 2.72. The summed E-state index contributed by atoms with van der Waals surface area (Å²) in [6.45, 7) is 5.78. The molecule has 1 heterocycles. The second-order valence-electron chi connectivity index (χ2n) is 7.00. The van der Waals surface area contributed by atoms with E-state index in [0.717, 1.165) is 48.4 Å². The summed E-state index contributed by atoms with van der Waals surface area (Å²) in [5.74, 6) is 0.151. The van der Waals surface area contributed by atoms with Crippen LogP contribution >= 0.6 is 0 Å². The number of carbonyl (C=O) groups is 2. The van der Waals surface area contributed by atoms with Gasteiger partial charge in [0.25, 0.3) is 5.91 Å². The van der Waals surface area contributed by atoms with Crippen molar-refractivity contribution in [3.05, 3.63) is 59.7 Å². The van der Waals surface area contributed by atoms with Crippen molar-refractivity contribution in [2.45, 2.75) is 19.9 Å². The van der Waals surface area contributed by atoms with Crippen LogP contribution in [0.2, 0.25) is 0 Å². The van der Waals surface area contributed by atoms with Crippen molar-refractivity contribution >= 4 is 11.8 Å². The van der Waals surface area contributed by atoms with Gasteiger partial charge in [0, 0.05) is 44.7 Å². The molecule has 2 aromatic carbocycles. The maximum Gasteiger partial charge on any atom is 0.253 e. The maximum absolute atomic E-state index is 12.7. The van der Waals surface area contributed by atoms with Gasteiger partial charge in [-0.3, -0.25) is 9.59 Å². The molecule has 1 fully saturated rings. The number of hydrogen-bond acceptors (Lipinski definition) is 3. The predicted molar refractivity (Wildman–Crippen MR) is 107 cm³/mol. The van der Waals surface area contributed by atoms with Crippen molar-refractivity contribution in [3.8, 4) is 11.1 Å². The average molecular weight is 365 g/mol. The van der Waals surface area contributed by atoms with E-state index < -0.39 is 0 Å². The fourth-order valence-electron chi connectivity index (χ4n) is 3.18. The minimum Gasteiger partial charge on any atom is -0.352 e. The summed E-state index contributed by atoms with van der Waals surface area (Å²) in [5.41, 5.74) is 3.94. The molecule has 0 radical (unpaired) electrons. The zero-order chi connectivity index (χ0) is 19.2. The molecule has 0 aliphatic carbocycles. The smallest absolute Gasteiger partial charge is 0.253 e. The van der Waals surface area contributed by atoms with Crippen LogP contribution in [0, 0.1) is 0 Å². The van der Waals surface area contributed by atoms with Crippen LogP contribution in [-0.4, -0.2) is 54.8 Å². The lowest BCUT2D eigenvalue weighted by atomic mass is 10.0. The lowest BCUT2D eigenvalue weighted by Gasteiger charge is -2.32. The number of nitrogens with zero attached hydrogens (tertiary/aromatic N) is 2. The van der Waals surface area contributed by atoms with Crippen molar-refractivity contribution in [1.82, 2.24) is 15.1 Å². The van der Waals surface area contributed by atoms with Crippen molar-refractivity contribution in [1.29, 1.82) is 0 Å². The molecular weight excluding hydrogens is 338 g/mol. The summed E-state index contributed by atoms with van der Waals surface area (Å²) in [7, 11) is 2.08. The Labute approximate surface area is 161 Å². The Balaban J connectivity index is 1.68. The van der Waals surface area contributed by atoms with E-state index in [1.807, 2.05) is 54.3 Å². The Morgan fingerprint density at radius 3 is 2.33 bits per heavy atom. The Kier molecular flexibility index (Phi) is 6.24. The molecule has 1 aliphatic rings. The van der Waals surface area contributed by atoms with Gasteiger partial charge in [0.15, 0.2) is 0 Å². The SMILES string of the molecule is CCC(=O)NCc1cccc(-c2ccc(C(=O)N3CCN(C)CC3)cc2)c1. The summed E-state index contributed by atoms with van der Waals surface area (Å²) < 4.78 is 0. The van der Waals surface area contributed by atoms with E-state index in [9.17, 15) is 9.59 Å². The molecule has 0 spiro atoms. The second-order valence-corrected chi connectivity index (χ2v) is 7.00. The Hall–Kier alpha value is -2.66. The van der Waals surface area contributed by atoms with Crippen molar-refractivity contribution in [3.63, 3.8) is 0 Å². The molecule has 0 atom stereocenters. The molecule has 5 heteroatoms. The normalized spacial score (nSPS) is 14.8. The standard InChI is InChI=1S/C22H27N3O2/c1-3-21(26)23-16-17-5-4-6-20(15-17)18-7-9-19(10-8-18)22(27)25-13-11-24(2)12-14-25/h4-10,15H,3,11-14,16H2,1-2H3,(H,23,26). The van der Waals surface area contributed by atoms with E-state index in [0.29, 0.717) is 13.0 Å². The lowest BCUT2D eigenvalue weighted by molar-refractivity contribution is -0.120. The van der Waals surface area contributed by atoms with Crippen LogP contribution in [0.15, 0.2) is 48.5 Å². The molecular formula is C22H27N3O2. The molecule has 2 aromatic rings. The summed E-state index contributed by atoms with van der Waals surface area (Å²) in [4.78, 5) is 28.3. The zero-order valence-corrected chi connectivity index (χ0v) is 16.1. The number of benzene rings is 2. The highest BCUT2D eigenvalue weighted by atomic mass is 16.2. The van der Waals surface area contributed by atoms with E-state index >= 15 is 0 Å². The molecule has 27 heavy (non-hydrogen) atoms. The first-order chi connectivity index (χ1) is 13.1. The van der Waals surface area contributed by atoms with Gasteiger partial charge in [-0.15, -0.1) is 0 Å². The van der Waals surface area contributed by atoms with Crippen LogP contribution in [0.4, 0.5) is 0 Å². The van der Waals surface area contributed by atoms with Crippen molar-refractivity contribution < 1.29 is 9.59 Å². The highest BCUT2D eigenvalue weighted by Crippen LogP contribution is 2.22. The molecule has 0 aromatic heterocycles. The van der Waals surface area contributed by atoms with Gasteiger partial charge < -0.3 is 15.1 Å². The van der Waals surface area contributed by atoms with Gasteiger partial charge in [0.2, 0.25) is 5.91 Å². The number of nitrogens with one attached hydrogen (secondary N) is 1. The number of rotatable bonds is 5. The summed E-state index contributed by atoms with van der Waals surface area (Å²) in [5, 5.41) is 2.90. The van der Waals surface area contributed by atoms with Crippen molar-refractivity contribution in [2.75, 3.05) is 33.2 Å². The lowest BCUT2D eigenvalue weighted by Crippen LogP contribution is -2.47. The minimum atomic E-state index is 0.0483. The number of amides is 2. The summed E-state index contributed by atoms with van der Waals surface area (Å²) in [6, 6.07) is 15.9. The van der Waals surface area contributed by atoms with Crippen LogP contribution < -0.4 is 5.32 Å². The molecule has 0 bridgehead atoms. The fraction of sp³-hybridized carbons (Fsp3) is 0.364. The van der Waals surface area contributed by atoms with Gasteiger partial charge >= 0.3 is 0 Å². The van der Waals surface area contributed by atoms with Gasteiger partial charge in [-0.05, 0) is 41.9 Å². The van der Waals surface area contributed by atoms with E-state index in [4.69, 9.17) is 0 Å². The third-order valence-electron chi connectivity index (χ3n) is 4.99. The van der Waals surface area contributed by atoms with Gasteiger partial charge in [-0.25, -0.2) is 0 Å². The third-order valence-corrected chi connectivity index (χ3v) is 4.99. The zero-order valence-electron chi connectivity index (χ0n) is 16.1. The largest absolute Gasteiger partial charge is 0.352 e. The molecule has 0 saturated carbocycles. The van der Waals surface area contributed by atoms with Crippen LogP contribution in [0.5, 0.6) is 0 Å². The Bertz CT molecular complexity index is 793. The van der Waals surface area contributed by atoms with E-state index in [1.54, 1.807) is 0 Å². The Morgan fingerprint density at radius 2 is 1.67 bits per heavy atom. The number of piperazine rings is 1. The topological polar surface area (TPSA) is 52.7 Å². The van der Waals surface area contributed by atoms with Crippen LogP contribution in [0.25, 0.3) is 11.1 Å². The first kappa shape index (κ1) is 19.1. The van der Waals surface area contributed by atoms with Crippen LogP contribution in [0.1, 0.15) is 29.3 Å². The van der Waals surface area contributed by atoms with Gasteiger partial charge in [-0.2, -0.15) is 0 Å². The van der Waals surface area contributed by atoms with Gasteiger partial charge in [0.05, 0.1) is 0 Å². The maximum atomic E-state index is 12.7. The number of carbonyl (C=O) groups excluding carboxylic acids is 2. The predicted octanol–water partition coefficient (Wildman–Crippen LogP) is 2.77. The van der Waals surface area contributed by atoms with Gasteiger partial charge in [-0.1, -0.05) is 37.3 Å². The van der Waals surface area contributed by atoms with Crippen molar-refractivity contribution in [2.24, 2.45) is 0 Å². The minimum absolute atomic E-state index is 0.0483. The molecule has 1 aliphatic heterocycles. The van der Waals surface area contributed by atoms with Gasteiger partial charge in [0.1, 0.15) is 0 Å². The number of hydrogen-bond donors (Lipinski definition) is 1. The van der Waals surface area contributed by atoms with Crippen LogP contribution in [0.3, 0.4) is 0 Å². The molecule has 2 amide bonds. The molecule has 3 rings (SSSR count). The quantitative estimate of drug-likeness (QED) is 0.886. The first-order valence-corrected chi connectivity index (χ1v) is 9.50. The third kappa shape index (κ3) is 4.95. The summed E-state index contributed by atoms with van der Waals surface area (Å²) in [6.07, 6.45) is 0.489. The molecule has 0 unspecified atom stereocenters. The van der Waals surface area contributed by atoms with E-state index in [1.165, 1.54) is 0 Å². The monoisotopic (exact) mass is 365 g/mol. The number of likely N-dealkylation sites (N-methyl/N-ethyl adjacent to an activating group) is 1. The highest BCUT2D eigenvalue weighted by molar-refractivity contribution is 5.94.